The van der Waals surface area contributed by atoms with Crippen LogP contribution < -0.4 is 5.32 Å². The molecule has 9 rings (SSSR count). The van der Waals surface area contributed by atoms with Crippen molar-refractivity contribution in [3.63, 3.8) is 0 Å². The summed E-state index contributed by atoms with van der Waals surface area (Å²) in [4.78, 5) is 2.98. The predicted molar refractivity (Wildman–Crippen MR) is 106 cm³/mol. The van der Waals surface area contributed by atoms with Gasteiger partial charge in [0.2, 0.25) is 0 Å². The fourth-order valence-electron chi connectivity index (χ4n) is 11.0. The molecule has 8 bridgehead atoms. The highest BCUT2D eigenvalue weighted by Gasteiger charge is 2.68. The third-order valence-corrected chi connectivity index (χ3v) is 10.7. The van der Waals surface area contributed by atoms with Gasteiger partial charge in [-0.3, -0.25) is 10.2 Å². The van der Waals surface area contributed by atoms with E-state index in [0.717, 1.165) is 42.1 Å². The number of hydrogen-bond donors (Lipinski definition) is 1. The molecule has 0 aromatic carbocycles. The van der Waals surface area contributed by atoms with Crippen molar-refractivity contribution in [1.29, 1.82) is 0 Å². The van der Waals surface area contributed by atoms with Crippen molar-refractivity contribution in [2.24, 2.45) is 40.9 Å². The minimum Gasteiger partial charge on any atom is -0.350 e. The Hall–Kier alpha value is -0.120. The van der Waals surface area contributed by atoms with E-state index in [0.29, 0.717) is 11.0 Å². The first-order valence-corrected chi connectivity index (χ1v) is 12.2. The van der Waals surface area contributed by atoms with E-state index >= 15 is 0 Å². The number of hydrogen-bond acceptors (Lipinski definition) is 3. The summed E-state index contributed by atoms with van der Waals surface area (Å²) in [5, 5.41) is 4.06. The third kappa shape index (κ3) is 2.05. The van der Waals surface area contributed by atoms with Crippen molar-refractivity contribution >= 4 is 0 Å². The molecule has 1 saturated heterocycles. The normalized spacial score (nSPS) is 61.2. The highest BCUT2D eigenvalue weighted by molar-refractivity contribution is 5.17. The molecule has 8 saturated carbocycles. The lowest BCUT2D eigenvalue weighted by Crippen LogP contribution is -2.74. The van der Waals surface area contributed by atoms with E-state index in [2.05, 4.69) is 10.2 Å². The molecular weight excluding hydrogens is 332 g/mol. The minimum atomic E-state index is -0.158. The van der Waals surface area contributed by atoms with E-state index in [1.165, 1.54) is 83.6 Å². The summed E-state index contributed by atoms with van der Waals surface area (Å²) in [6.07, 6.45) is 17.9. The van der Waals surface area contributed by atoms with Crippen molar-refractivity contribution < 1.29 is 4.74 Å². The van der Waals surface area contributed by atoms with Crippen LogP contribution in [0.4, 0.5) is 0 Å². The van der Waals surface area contributed by atoms with Crippen LogP contribution in [0.15, 0.2) is 0 Å². The summed E-state index contributed by atoms with van der Waals surface area (Å²) in [7, 11) is 2.05. The summed E-state index contributed by atoms with van der Waals surface area (Å²) >= 11 is 0. The third-order valence-electron chi connectivity index (χ3n) is 10.7. The first kappa shape index (κ1) is 16.7. The Kier molecular flexibility index (Phi) is 3.28. The second-order valence-corrected chi connectivity index (χ2v) is 12.3. The van der Waals surface area contributed by atoms with Crippen molar-refractivity contribution in [3.8, 4) is 0 Å². The van der Waals surface area contributed by atoms with Gasteiger partial charge < -0.3 is 4.74 Å². The molecular formula is C24H38N2O. The summed E-state index contributed by atoms with van der Waals surface area (Å²) in [6, 6.07) is 0. The Balaban J connectivity index is 1.31. The molecule has 0 radical (unpaired) electrons. The first-order valence-electron chi connectivity index (χ1n) is 12.2. The van der Waals surface area contributed by atoms with Crippen molar-refractivity contribution in [1.82, 2.24) is 10.2 Å². The molecule has 3 nitrogen and oxygen atoms in total. The Labute approximate surface area is 165 Å². The molecule has 0 spiro atoms. The zero-order valence-electron chi connectivity index (χ0n) is 17.2. The number of rotatable bonds is 3. The predicted octanol–water partition coefficient (Wildman–Crippen LogP) is 4.38. The fourth-order valence-corrected chi connectivity index (χ4v) is 11.0. The van der Waals surface area contributed by atoms with E-state index < -0.39 is 0 Å². The van der Waals surface area contributed by atoms with E-state index in [-0.39, 0.29) is 5.85 Å². The van der Waals surface area contributed by atoms with Crippen LogP contribution in [0, 0.1) is 40.9 Å². The molecule has 1 N–H and O–H groups in total. The van der Waals surface area contributed by atoms with Crippen molar-refractivity contribution in [2.45, 2.75) is 88.4 Å². The molecule has 0 aromatic rings. The van der Waals surface area contributed by atoms with Crippen molar-refractivity contribution in [3.05, 3.63) is 0 Å². The fraction of sp³-hybridized carbons (Fsp3) is 1.00. The molecule has 1 heterocycles. The smallest absolute Gasteiger partial charge is 0.183 e. The maximum Gasteiger partial charge on any atom is 0.183 e. The SMILES string of the molecule is COC1(C23CC4CC(CC(C4)C2)C3)NCCN1C12CC3CC(CC(C3)C1)C2. The number of nitrogens with zero attached hydrogens (tertiary/aromatic N) is 1. The van der Waals surface area contributed by atoms with E-state index in [1.807, 2.05) is 7.11 Å². The zero-order chi connectivity index (χ0) is 17.9. The summed E-state index contributed by atoms with van der Waals surface area (Å²) in [5.41, 5.74) is 0.841. The molecule has 1 atom stereocenters. The quantitative estimate of drug-likeness (QED) is 0.798. The molecule has 1 unspecified atom stereocenters. The van der Waals surface area contributed by atoms with Gasteiger partial charge in [-0.2, -0.15) is 0 Å². The molecule has 0 aromatic heterocycles. The number of ether oxygens (including phenoxy) is 1. The maximum absolute atomic E-state index is 6.70. The average molecular weight is 371 g/mol. The van der Waals surface area contributed by atoms with Gasteiger partial charge in [0, 0.05) is 31.2 Å². The van der Waals surface area contributed by atoms with Crippen LogP contribution in [-0.4, -0.2) is 36.5 Å². The summed E-state index contributed by atoms with van der Waals surface area (Å²) < 4.78 is 6.70. The van der Waals surface area contributed by atoms with Crippen LogP contribution in [-0.2, 0) is 4.74 Å². The Morgan fingerprint density at radius 1 is 0.704 bits per heavy atom. The molecule has 0 amide bonds. The molecule has 9 aliphatic rings. The van der Waals surface area contributed by atoms with Gasteiger partial charge in [0.05, 0.1) is 0 Å². The first-order chi connectivity index (χ1) is 13.1. The number of nitrogens with one attached hydrogen (secondary N) is 1. The van der Waals surface area contributed by atoms with Gasteiger partial charge >= 0.3 is 0 Å². The maximum atomic E-state index is 6.70. The van der Waals surface area contributed by atoms with Gasteiger partial charge in [-0.15, -0.1) is 0 Å². The second kappa shape index (κ2) is 5.32. The largest absolute Gasteiger partial charge is 0.350 e. The highest BCUT2D eigenvalue weighted by Crippen LogP contribution is 2.67. The van der Waals surface area contributed by atoms with Gasteiger partial charge in [0.25, 0.3) is 0 Å². The summed E-state index contributed by atoms with van der Waals surface area (Å²) in [5.74, 6) is 5.86. The Bertz CT molecular complexity index is 574. The molecule has 1 aliphatic heterocycles. The van der Waals surface area contributed by atoms with Crippen molar-refractivity contribution in [2.75, 3.05) is 20.2 Å². The van der Waals surface area contributed by atoms with Crippen LogP contribution >= 0.6 is 0 Å². The van der Waals surface area contributed by atoms with Crippen LogP contribution in [0.25, 0.3) is 0 Å². The van der Waals surface area contributed by atoms with Gasteiger partial charge in [0.15, 0.2) is 5.85 Å². The van der Waals surface area contributed by atoms with Crippen LogP contribution in [0.5, 0.6) is 0 Å². The monoisotopic (exact) mass is 370 g/mol. The lowest BCUT2D eigenvalue weighted by molar-refractivity contribution is -0.293. The number of methoxy groups -OCH3 is 1. The Morgan fingerprint density at radius 3 is 1.59 bits per heavy atom. The van der Waals surface area contributed by atoms with Gasteiger partial charge in [0.1, 0.15) is 0 Å². The van der Waals surface area contributed by atoms with Gasteiger partial charge in [-0.25, -0.2) is 0 Å². The summed E-state index contributed by atoms with van der Waals surface area (Å²) in [6.45, 7) is 2.36. The van der Waals surface area contributed by atoms with Crippen LogP contribution in [0.3, 0.4) is 0 Å². The molecule has 3 heteroatoms. The van der Waals surface area contributed by atoms with E-state index in [9.17, 15) is 0 Å². The molecule has 150 valence electrons. The Morgan fingerprint density at radius 2 is 1.15 bits per heavy atom. The van der Waals surface area contributed by atoms with Gasteiger partial charge in [-0.1, -0.05) is 0 Å². The topological polar surface area (TPSA) is 24.5 Å². The lowest BCUT2D eigenvalue weighted by atomic mass is 9.47. The van der Waals surface area contributed by atoms with Gasteiger partial charge in [-0.05, 0) is 113 Å². The lowest BCUT2D eigenvalue weighted by Gasteiger charge is -2.68. The van der Waals surface area contributed by atoms with E-state index in [4.69, 9.17) is 4.74 Å². The minimum absolute atomic E-state index is 0.158. The molecule has 8 aliphatic carbocycles. The van der Waals surface area contributed by atoms with E-state index in [1.54, 1.807) is 0 Å². The standard InChI is InChI=1S/C24H38N2O/c1-27-24(22-10-16-4-17(11-22)6-18(5-16)12-22)25-2-3-26(24)23-13-19-7-20(14-23)9-21(8-19)15-23/h16-21,25H,2-15H2,1H3. The van der Waals surface area contributed by atoms with Crippen LogP contribution in [0.1, 0.15) is 77.0 Å². The zero-order valence-corrected chi connectivity index (χ0v) is 17.2. The highest BCUT2D eigenvalue weighted by atomic mass is 16.5. The van der Waals surface area contributed by atoms with Crippen LogP contribution in [0.2, 0.25) is 0 Å². The average Bonchev–Trinajstić information content (AvgIpc) is 3.06. The molecule has 9 fully saturated rings. The second-order valence-electron chi connectivity index (χ2n) is 12.3. The molecule has 27 heavy (non-hydrogen) atoms.